The van der Waals surface area contributed by atoms with E-state index in [4.69, 9.17) is 14.9 Å². The van der Waals surface area contributed by atoms with E-state index in [2.05, 4.69) is 5.32 Å². The first-order chi connectivity index (χ1) is 9.61. The molecule has 0 amide bonds. The highest BCUT2D eigenvalue weighted by Gasteiger charge is 2.20. The van der Waals surface area contributed by atoms with Crippen LogP contribution in [0.5, 0.6) is 0 Å². The summed E-state index contributed by atoms with van der Waals surface area (Å²) in [7, 11) is 0. The molecule has 0 radical (unpaired) electrons. The normalized spacial score (nSPS) is 12.7. The zero-order valence-electron chi connectivity index (χ0n) is 12.8. The topological polar surface area (TPSA) is 113 Å². The largest absolute Gasteiger partial charge is 0.481 e. The number of aliphatic carboxylic acids is 2. The van der Waals surface area contributed by atoms with E-state index in [-0.39, 0.29) is 13.0 Å². The molecular formula is C14H25NO6. The highest BCUT2D eigenvalue weighted by molar-refractivity contribution is 5.76. The number of unbranched alkanes of at least 4 members (excludes halogenated alkanes) is 2. The second kappa shape index (κ2) is 9.33. The number of carbonyl (C=O) groups excluding carboxylic acids is 1. The predicted molar refractivity (Wildman–Crippen MR) is 76.0 cm³/mol. The molecule has 1 atom stereocenters. The SMILES string of the molecule is CC(C)(C)OC(=O)CNC(CCCCCC(=O)O)C(=O)O. The van der Waals surface area contributed by atoms with E-state index >= 15 is 0 Å². The molecule has 0 aromatic carbocycles. The number of esters is 1. The van der Waals surface area contributed by atoms with Crippen molar-refractivity contribution in [3.05, 3.63) is 0 Å². The minimum Gasteiger partial charge on any atom is -0.481 e. The number of ether oxygens (including phenoxy) is 1. The van der Waals surface area contributed by atoms with Gasteiger partial charge >= 0.3 is 17.9 Å². The van der Waals surface area contributed by atoms with Crippen molar-refractivity contribution in [1.29, 1.82) is 0 Å². The number of rotatable bonds is 10. The summed E-state index contributed by atoms with van der Waals surface area (Å²) in [5, 5.41) is 20.2. The van der Waals surface area contributed by atoms with Crippen molar-refractivity contribution in [3.63, 3.8) is 0 Å². The third kappa shape index (κ3) is 11.9. The van der Waals surface area contributed by atoms with Crippen LogP contribution >= 0.6 is 0 Å². The molecule has 7 heteroatoms. The van der Waals surface area contributed by atoms with Crippen LogP contribution in [-0.4, -0.2) is 46.3 Å². The van der Waals surface area contributed by atoms with Crippen LogP contribution in [0.25, 0.3) is 0 Å². The van der Waals surface area contributed by atoms with Gasteiger partial charge < -0.3 is 14.9 Å². The molecule has 3 N–H and O–H groups in total. The molecule has 0 aromatic rings. The zero-order chi connectivity index (χ0) is 16.5. The number of carboxylic acids is 2. The summed E-state index contributed by atoms with van der Waals surface area (Å²) in [6.07, 6.45) is 2.18. The van der Waals surface area contributed by atoms with Crippen molar-refractivity contribution in [2.75, 3.05) is 6.54 Å². The quantitative estimate of drug-likeness (QED) is 0.413. The number of nitrogens with one attached hydrogen (secondary N) is 1. The summed E-state index contributed by atoms with van der Waals surface area (Å²) in [5.74, 6) is -2.38. The molecule has 0 aliphatic carbocycles. The Morgan fingerprint density at radius 2 is 1.71 bits per heavy atom. The summed E-state index contributed by atoms with van der Waals surface area (Å²) in [6, 6.07) is -0.831. The lowest BCUT2D eigenvalue weighted by atomic mass is 10.1. The highest BCUT2D eigenvalue weighted by atomic mass is 16.6. The van der Waals surface area contributed by atoms with E-state index in [1.165, 1.54) is 0 Å². The van der Waals surface area contributed by atoms with Gasteiger partial charge in [-0.15, -0.1) is 0 Å². The van der Waals surface area contributed by atoms with Crippen molar-refractivity contribution in [2.45, 2.75) is 64.5 Å². The van der Waals surface area contributed by atoms with Crippen molar-refractivity contribution in [3.8, 4) is 0 Å². The van der Waals surface area contributed by atoms with E-state index in [1.807, 2.05) is 0 Å². The van der Waals surface area contributed by atoms with E-state index in [0.29, 0.717) is 25.7 Å². The molecule has 0 fully saturated rings. The van der Waals surface area contributed by atoms with E-state index in [1.54, 1.807) is 20.8 Å². The van der Waals surface area contributed by atoms with Gasteiger partial charge in [0.15, 0.2) is 0 Å². The molecule has 0 saturated carbocycles. The van der Waals surface area contributed by atoms with Crippen LogP contribution in [0.2, 0.25) is 0 Å². The first-order valence-electron chi connectivity index (χ1n) is 7.01. The molecule has 0 rings (SSSR count). The second-order valence-electron chi connectivity index (χ2n) is 5.85. The van der Waals surface area contributed by atoms with Crippen molar-refractivity contribution >= 4 is 17.9 Å². The molecule has 0 aliphatic rings. The van der Waals surface area contributed by atoms with Crippen LogP contribution in [-0.2, 0) is 19.1 Å². The number of carboxylic acid groups (broad SMARTS) is 2. The van der Waals surface area contributed by atoms with Gasteiger partial charge in [0.25, 0.3) is 0 Å². The van der Waals surface area contributed by atoms with Gasteiger partial charge in [0.1, 0.15) is 11.6 Å². The Morgan fingerprint density at radius 1 is 1.10 bits per heavy atom. The van der Waals surface area contributed by atoms with Gasteiger partial charge in [-0.05, 0) is 33.6 Å². The number of hydrogen-bond donors (Lipinski definition) is 3. The minimum absolute atomic E-state index is 0.0864. The van der Waals surface area contributed by atoms with Gasteiger partial charge in [-0.3, -0.25) is 19.7 Å². The van der Waals surface area contributed by atoms with Crippen LogP contribution in [0, 0.1) is 0 Å². The van der Waals surface area contributed by atoms with Gasteiger partial charge in [0, 0.05) is 6.42 Å². The molecule has 122 valence electrons. The number of carbonyl (C=O) groups is 3. The smallest absolute Gasteiger partial charge is 0.320 e. The number of hydrogen-bond acceptors (Lipinski definition) is 5. The maximum atomic E-state index is 11.5. The van der Waals surface area contributed by atoms with E-state index in [0.717, 1.165) is 0 Å². The Balaban J connectivity index is 4.00. The summed E-state index contributed by atoms with van der Waals surface area (Å²) < 4.78 is 5.08. The zero-order valence-corrected chi connectivity index (χ0v) is 12.8. The average Bonchev–Trinajstić information content (AvgIpc) is 2.29. The molecule has 1 unspecified atom stereocenters. The van der Waals surface area contributed by atoms with E-state index in [9.17, 15) is 14.4 Å². The molecule has 0 spiro atoms. The van der Waals surface area contributed by atoms with Crippen LogP contribution < -0.4 is 5.32 Å². The van der Waals surface area contributed by atoms with Gasteiger partial charge in [0.05, 0.1) is 6.54 Å². The van der Waals surface area contributed by atoms with Crippen LogP contribution in [0.4, 0.5) is 0 Å². The average molecular weight is 303 g/mol. The molecule has 0 saturated heterocycles. The lowest BCUT2D eigenvalue weighted by Gasteiger charge is -2.20. The third-order valence-electron chi connectivity index (χ3n) is 2.59. The Bertz CT molecular complexity index is 361. The molecule has 7 nitrogen and oxygen atoms in total. The second-order valence-corrected chi connectivity index (χ2v) is 5.85. The fourth-order valence-electron chi connectivity index (χ4n) is 1.70. The Morgan fingerprint density at radius 3 is 2.19 bits per heavy atom. The molecule has 21 heavy (non-hydrogen) atoms. The summed E-state index contributed by atoms with van der Waals surface area (Å²) >= 11 is 0. The highest BCUT2D eigenvalue weighted by Crippen LogP contribution is 2.08. The van der Waals surface area contributed by atoms with Crippen LogP contribution in [0.15, 0.2) is 0 Å². The Labute approximate surface area is 124 Å². The predicted octanol–water partition coefficient (Wildman–Crippen LogP) is 1.41. The maximum absolute atomic E-state index is 11.5. The molecular weight excluding hydrogens is 278 g/mol. The van der Waals surface area contributed by atoms with Gasteiger partial charge in [0.2, 0.25) is 0 Å². The monoisotopic (exact) mass is 303 g/mol. The summed E-state index contributed by atoms with van der Waals surface area (Å²) in [5.41, 5.74) is -0.603. The van der Waals surface area contributed by atoms with E-state index < -0.39 is 29.6 Å². The molecule has 0 aliphatic heterocycles. The molecule has 0 aromatic heterocycles. The first-order valence-corrected chi connectivity index (χ1v) is 7.01. The molecule has 0 bridgehead atoms. The Hall–Kier alpha value is -1.63. The van der Waals surface area contributed by atoms with Crippen molar-refractivity contribution in [2.24, 2.45) is 0 Å². The standard InChI is InChI=1S/C14H25NO6/c1-14(2,3)21-12(18)9-15-10(13(19)20)7-5-4-6-8-11(16)17/h10,15H,4-9H2,1-3H3,(H,16,17)(H,19,20). The maximum Gasteiger partial charge on any atom is 0.320 e. The van der Waals surface area contributed by atoms with Gasteiger partial charge in [-0.1, -0.05) is 12.8 Å². The Kier molecular flexibility index (Phi) is 8.61. The lowest BCUT2D eigenvalue weighted by molar-refractivity contribution is -0.154. The van der Waals surface area contributed by atoms with Crippen LogP contribution in [0.1, 0.15) is 52.9 Å². The van der Waals surface area contributed by atoms with Crippen molar-refractivity contribution in [1.82, 2.24) is 5.32 Å². The lowest BCUT2D eigenvalue weighted by Crippen LogP contribution is -2.41. The fourth-order valence-corrected chi connectivity index (χ4v) is 1.70. The third-order valence-corrected chi connectivity index (χ3v) is 2.59. The van der Waals surface area contributed by atoms with Crippen LogP contribution in [0.3, 0.4) is 0 Å². The fraction of sp³-hybridized carbons (Fsp3) is 0.786. The minimum atomic E-state index is -1.03. The van der Waals surface area contributed by atoms with Crippen molar-refractivity contribution < 1.29 is 29.3 Å². The summed E-state index contributed by atoms with van der Waals surface area (Å²) in [6.45, 7) is 5.05. The van der Waals surface area contributed by atoms with Gasteiger partial charge in [-0.2, -0.15) is 0 Å². The molecule has 0 heterocycles. The van der Waals surface area contributed by atoms with Gasteiger partial charge in [-0.25, -0.2) is 0 Å². The summed E-state index contributed by atoms with van der Waals surface area (Å²) in [4.78, 5) is 32.9. The first kappa shape index (κ1) is 19.4.